The van der Waals surface area contributed by atoms with Crippen LogP contribution in [0, 0.1) is 11.6 Å². The van der Waals surface area contributed by atoms with Crippen LogP contribution in [-0.4, -0.2) is 22.8 Å². The molecule has 1 N–H and O–H groups in total. The van der Waals surface area contributed by atoms with Crippen LogP contribution in [0.2, 0.25) is 0 Å². The number of ether oxygens (including phenoxy) is 2. The lowest BCUT2D eigenvalue weighted by Crippen LogP contribution is -2.06. The number of H-pyrrole nitrogens is 1. The van der Waals surface area contributed by atoms with Crippen LogP contribution in [0.4, 0.5) is 8.78 Å². The van der Waals surface area contributed by atoms with E-state index in [0.717, 1.165) is 18.2 Å². The first-order valence-corrected chi connectivity index (χ1v) is 5.88. The van der Waals surface area contributed by atoms with Gasteiger partial charge in [0.1, 0.15) is 23.8 Å². The number of halogens is 2. The smallest absolute Gasteiger partial charge is 0.345 e. The molecule has 5 nitrogen and oxygen atoms in total. The van der Waals surface area contributed by atoms with Crippen LogP contribution in [0.15, 0.2) is 24.4 Å². The Morgan fingerprint density at radius 1 is 1.30 bits per heavy atom. The SMILES string of the molecule is CCOC(=O)c1cn[nH]c1OCc1cc(F)cc(F)c1. The van der Waals surface area contributed by atoms with E-state index in [1.54, 1.807) is 6.92 Å². The first-order chi connectivity index (χ1) is 9.60. The standard InChI is InChI=1S/C13H12F2N2O3/c1-2-19-13(18)11-6-16-17-12(11)20-7-8-3-9(14)5-10(15)4-8/h3-6H,2,7H2,1H3,(H,16,17). The number of nitrogens with one attached hydrogen (secondary N) is 1. The first-order valence-electron chi connectivity index (χ1n) is 5.88. The number of aromatic amines is 1. The van der Waals surface area contributed by atoms with Gasteiger partial charge in [0.2, 0.25) is 5.88 Å². The van der Waals surface area contributed by atoms with Gasteiger partial charge in [-0.15, -0.1) is 0 Å². The molecule has 1 aromatic carbocycles. The number of hydrogen-bond donors (Lipinski definition) is 1. The van der Waals surface area contributed by atoms with E-state index in [4.69, 9.17) is 9.47 Å². The summed E-state index contributed by atoms with van der Waals surface area (Å²) in [6.07, 6.45) is 1.26. The summed E-state index contributed by atoms with van der Waals surface area (Å²) in [7, 11) is 0. The van der Waals surface area contributed by atoms with Crippen molar-refractivity contribution in [1.82, 2.24) is 10.2 Å². The van der Waals surface area contributed by atoms with E-state index in [9.17, 15) is 13.6 Å². The van der Waals surface area contributed by atoms with Crippen molar-refractivity contribution >= 4 is 5.97 Å². The van der Waals surface area contributed by atoms with Gasteiger partial charge in [-0.3, -0.25) is 0 Å². The highest BCUT2D eigenvalue weighted by Crippen LogP contribution is 2.17. The Balaban J connectivity index is 2.07. The fraction of sp³-hybridized carbons (Fsp3) is 0.231. The average molecular weight is 282 g/mol. The third-order valence-electron chi connectivity index (χ3n) is 2.41. The molecule has 0 fully saturated rings. The van der Waals surface area contributed by atoms with Crippen LogP contribution in [0.3, 0.4) is 0 Å². The third kappa shape index (κ3) is 3.31. The molecule has 2 rings (SSSR count). The Hall–Kier alpha value is -2.44. The Bertz CT molecular complexity index is 593. The predicted molar refractivity (Wildman–Crippen MR) is 65.2 cm³/mol. The minimum absolute atomic E-state index is 0.0909. The van der Waals surface area contributed by atoms with Gasteiger partial charge in [-0.1, -0.05) is 0 Å². The molecule has 0 bridgehead atoms. The number of rotatable bonds is 5. The van der Waals surface area contributed by atoms with Gasteiger partial charge in [0.25, 0.3) is 0 Å². The van der Waals surface area contributed by atoms with Gasteiger partial charge in [0.15, 0.2) is 0 Å². The van der Waals surface area contributed by atoms with Gasteiger partial charge in [-0.2, -0.15) is 5.10 Å². The van der Waals surface area contributed by atoms with Crippen LogP contribution in [-0.2, 0) is 11.3 Å². The maximum Gasteiger partial charge on any atom is 0.345 e. The molecule has 0 saturated carbocycles. The van der Waals surface area contributed by atoms with Gasteiger partial charge in [0.05, 0.1) is 12.8 Å². The van der Waals surface area contributed by atoms with Gasteiger partial charge in [-0.05, 0) is 24.6 Å². The molecule has 0 saturated heterocycles. The van der Waals surface area contributed by atoms with Crippen molar-refractivity contribution in [3.05, 3.63) is 47.2 Å². The van der Waals surface area contributed by atoms with Crippen molar-refractivity contribution < 1.29 is 23.0 Å². The van der Waals surface area contributed by atoms with Crippen molar-refractivity contribution in [2.75, 3.05) is 6.61 Å². The fourth-order valence-corrected chi connectivity index (χ4v) is 1.59. The van der Waals surface area contributed by atoms with Crippen LogP contribution < -0.4 is 4.74 Å². The number of aromatic nitrogens is 2. The lowest BCUT2D eigenvalue weighted by molar-refractivity contribution is 0.0521. The number of carbonyl (C=O) groups excluding carboxylic acids is 1. The fourth-order valence-electron chi connectivity index (χ4n) is 1.59. The highest BCUT2D eigenvalue weighted by atomic mass is 19.1. The summed E-state index contributed by atoms with van der Waals surface area (Å²) in [6, 6.07) is 3.05. The molecule has 0 radical (unpaired) electrons. The summed E-state index contributed by atoms with van der Waals surface area (Å²) in [5.41, 5.74) is 0.427. The molecule has 0 spiro atoms. The molecule has 0 aliphatic rings. The molecule has 20 heavy (non-hydrogen) atoms. The van der Waals surface area contributed by atoms with Crippen molar-refractivity contribution in [2.45, 2.75) is 13.5 Å². The zero-order chi connectivity index (χ0) is 14.5. The van der Waals surface area contributed by atoms with E-state index >= 15 is 0 Å². The second kappa shape index (κ2) is 6.14. The molecule has 0 atom stereocenters. The average Bonchev–Trinajstić information content (AvgIpc) is 2.84. The van der Waals surface area contributed by atoms with E-state index in [1.165, 1.54) is 6.20 Å². The maximum atomic E-state index is 13.0. The van der Waals surface area contributed by atoms with Crippen molar-refractivity contribution in [1.29, 1.82) is 0 Å². The summed E-state index contributed by atoms with van der Waals surface area (Å²) in [5, 5.41) is 6.16. The van der Waals surface area contributed by atoms with Gasteiger partial charge >= 0.3 is 5.97 Å². The van der Waals surface area contributed by atoms with E-state index in [0.29, 0.717) is 5.56 Å². The van der Waals surface area contributed by atoms with E-state index in [-0.39, 0.29) is 24.7 Å². The molecular weight excluding hydrogens is 270 g/mol. The topological polar surface area (TPSA) is 64.2 Å². The molecule has 1 heterocycles. The quantitative estimate of drug-likeness (QED) is 0.855. The molecule has 0 amide bonds. The van der Waals surface area contributed by atoms with E-state index in [1.807, 2.05) is 0 Å². The maximum absolute atomic E-state index is 13.0. The zero-order valence-electron chi connectivity index (χ0n) is 10.7. The normalized spacial score (nSPS) is 10.3. The molecule has 2 aromatic rings. The molecular formula is C13H12F2N2O3. The minimum atomic E-state index is -0.696. The Kier molecular flexibility index (Phi) is 4.29. The molecule has 106 valence electrons. The Morgan fingerprint density at radius 3 is 2.65 bits per heavy atom. The second-order valence-corrected chi connectivity index (χ2v) is 3.90. The Morgan fingerprint density at radius 2 is 2.00 bits per heavy atom. The summed E-state index contributed by atoms with van der Waals surface area (Å²) in [6.45, 7) is 1.79. The van der Waals surface area contributed by atoms with Crippen LogP contribution >= 0.6 is 0 Å². The highest BCUT2D eigenvalue weighted by Gasteiger charge is 2.16. The monoisotopic (exact) mass is 282 g/mol. The van der Waals surface area contributed by atoms with Crippen molar-refractivity contribution in [3.8, 4) is 5.88 Å². The molecule has 1 aromatic heterocycles. The van der Waals surface area contributed by atoms with E-state index < -0.39 is 17.6 Å². The second-order valence-electron chi connectivity index (χ2n) is 3.90. The minimum Gasteiger partial charge on any atom is -0.472 e. The number of carbonyl (C=O) groups is 1. The number of hydrogen-bond acceptors (Lipinski definition) is 4. The van der Waals surface area contributed by atoms with Gasteiger partial charge < -0.3 is 9.47 Å². The molecule has 0 aliphatic carbocycles. The number of nitrogens with zero attached hydrogens (tertiary/aromatic N) is 1. The third-order valence-corrected chi connectivity index (χ3v) is 2.41. The Labute approximate surface area is 113 Å². The van der Waals surface area contributed by atoms with Crippen LogP contribution in [0.1, 0.15) is 22.8 Å². The zero-order valence-corrected chi connectivity index (χ0v) is 10.7. The predicted octanol–water partition coefficient (Wildman–Crippen LogP) is 2.44. The summed E-state index contributed by atoms with van der Waals surface area (Å²) < 4.78 is 36.1. The first kappa shape index (κ1) is 14.0. The lowest BCUT2D eigenvalue weighted by Gasteiger charge is -2.06. The molecule has 7 heteroatoms. The van der Waals surface area contributed by atoms with Crippen LogP contribution in [0.5, 0.6) is 5.88 Å². The van der Waals surface area contributed by atoms with E-state index in [2.05, 4.69) is 10.2 Å². The molecule has 0 aliphatic heterocycles. The largest absolute Gasteiger partial charge is 0.472 e. The lowest BCUT2D eigenvalue weighted by atomic mass is 10.2. The number of esters is 1. The van der Waals surface area contributed by atoms with Crippen molar-refractivity contribution in [3.63, 3.8) is 0 Å². The van der Waals surface area contributed by atoms with Crippen molar-refractivity contribution in [2.24, 2.45) is 0 Å². The van der Waals surface area contributed by atoms with Gasteiger partial charge in [-0.25, -0.2) is 18.7 Å². The molecule has 0 unspecified atom stereocenters. The number of benzene rings is 1. The summed E-state index contributed by atoms with van der Waals surface area (Å²) in [4.78, 5) is 11.6. The van der Waals surface area contributed by atoms with Crippen LogP contribution in [0.25, 0.3) is 0 Å². The summed E-state index contributed by atoms with van der Waals surface area (Å²) in [5.74, 6) is -1.88. The van der Waals surface area contributed by atoms with Gasteiger partial charge in [0, 0.05) is 6.07 Å². The summed E-state index contributed by atoms with van der Waals surface area (Å²) >= 11 is 0. The highest BCUT2D eigenvalue weighted by molar-refractivity contribution is 5.91.